The summed E-state index contributed by atoms with van der Waals surface area (Å²) in [6.07, 6.45) is 1.59. The Labute approximate surface area is 202 Å². The summed E-state index contributed by atoms with van der Waals surface area (Å²) in [5.74, 6) is -0.427. The molecule has 0 fully saturated rings. The molecule has 1 atom stereocenters. The number of hydrogen-bond donors (Lipinski definition) is 0. The maximum absolute atomic E-state index is 13.9. The summed E-state index contributed by atoms with van der Waals surface area (Å²) < 4.78 is 25.6. The molecule has 3 heterocycles. The minimum Gasteiger partial charge on any atom is -0.489 e. The Hall–Kier alpha value is -4.30. The van der Waals surface area contributed by atoms with Crippen molar-refractivity contribution in [3.05, 3.63) is 123 Å². The van der Waals surface area contributed by atoms with Gasteiger partial charge in [-0.25, -0.2) is 9.37 Å². The molecule has 0 bridgehead atoms. The van der Waals surface area contributed by atoms with Crippen molar-refractivity contribution in [1.82, 2.24) is 4.98 Å². The van der Waals surface area contributed by atoms with Gasteiger partial charge >= 0.3 is 0 Å². The maximum atomic E-state index is 13.9. The molecule has 3 aromatic carbocycles. The van der Waals surface area contributed by atoms with Crippen molar-refractivity contribution >= 4 is 33.3 Å². The van der Waals surface area contributed by atoms with Gasteiger partial charge in [0.1, 0.15) is 23.8 Å². The van der Waals surface area contributed by atoms with E-state index in [9.17, 15) is 14.0 Å². The fourth-order valence-corrected chi connectivity index (χ4v) is 4.95. The Balaban J connectivity index is 1.43. The van der Waals surface area contributed by atoms with Crippen LogP contribution in [0.25, 0.3) is 11.0 Å². The van der Waals surface area contributed by atoms with E-state index in [1.165, 1.54) is 28.4 Å². The summed E-state index contributed by atoms with van der Waals surface area (Å²) in [4.78, 5) is 32.7. The Kier molecular flexibility index (Phi) is 5.15. The van der Waals surface area contributed by atoms with E-state index < -0.39 is 23.2 Å². The molecule has 0 spiro atoms. The number of hydrogen-bond acceptors (Lipinski definition) is 6. The predicted octanol–water partition coefficient (Wildman–Crippen LogP) is 5.72. The molecule has 1 unspecified atom stereocenters. The first-order valence-corrected chi connectivity index (χ1v) is 11.7. The number of aromatic nitrogens is 1. The summed E-state index contributed by atoms with van der Waals surface area (Å²) in [6, 6.07) is 19.9. The number of halogens is 1. The van der Waals surface area contributed by atoms with Crippen LogP contribution in [0.5, 0.6) is 5.75 Å². The molecule has 6 nitrogen and oxygen atoms in total. The van der Waals surface area contributed by atoms with Crippen LogP contribution in [0.4, 0.5) is 9.52 Å². The maximum Gasteiger partial charge on any atom is 0.297 e. The third-order valence-electron chi connectivity index (χ3n) is 5.90. The molecular weight excluding hydrogens is 467 g/mol. The molecule has 0 saturated heterocycles. The molecule has 1 aliphatic heterocycles. The molecule has 5 aromatic rings. The van der Waals surface area contributed by atoms with Crippen molar-refractivity contribution in [3.63, 3.8) is 0 Å². The molecular formula is C27H17FN2O4S. The van der Waals surface area contributed by atoms with E-state index >= 15 is 0 Å². The number of nitrogens with zero attached hydrogens (tertiary/aromatic N) is 2. The number of ether oxygens (including phenoxy) is 1. The molecule has 35 heavy (non-hydrogen) atoms. The second-order valence-electron chi connectivity index (χ2n) is 8.05. The van der Waals surface area contributed by atoms with E-state index in [-0.39, 0.29) is 22.3 Å². The summed E-state index contributed by atoms with van der Waals surface area (Å²) in [5, 5.41) is 2.28. The molecule has 1 aliphatic rings. The number of amides is 1. The van der Waals surface area contributed by atoms with Crippen LogP contribution in [-0.4, -0.2) is 10.9 Å². The van der Waals surface area contributed by atoms with Crippen LogP contribution >= 0.6 is 11.3 Å². The van der Waals surface area contributed by atoms with Crippen LogP contribution in [0.15, 0.2) is 93.6 Å². The lowest BCUT2D eigenvalue weighted by Crippen LogP contribution is -2.29. The van der Waals surface area contributed by atoms with Gasteiger partial charge in [0, 0.05) is 11.6 Å². The van der Waals surface area contributed by atoms with Crippen molar-refractivity contribution in [2.75, 3.05) is 4.90 Å². The molecule has 6 rings (SSSR count). The number of carbonyl (C=O) groups excluding carboxylic acids is 1. The van der Waals surface area contributed by atoms with Gasteiger partial charge in [-0.15, -0.1) is 11.3 Å². The SMILES string of the molecule is O=C1c2oc3ccc(F)cc3c(=O)c2C(c2ccc(OCc3ccccc3)cc2)N1c1nccs1. The number of anilines is 1. The standard InChI is InChI=1S/C27H17FN2O4S/c28-18-8-11-21-20(14-18)24(31)22-23(30(26(32)25(22)34-21)27-29-12-13-35-27)17-6-9-19(10-7-17)33-15-16-4-2-1-3-5-16/h1-14,23H,15H2. The lowest BCUT2D eigenvalue weighted by Gasteiger charge is -2.22. The highest BCUT2D eigenvalue weighted by molar-refractivity contribution is 7.13. The zero-order chi connectivity index (χ0) is 23.9. The van der Waals surface area contributed by atoms with Gasteiger partial charge in [-0.1, -0.05) is 42.5 Å². The molecule has 8 heteroatoms. The highest BCUT2D eigenvalue weighted by Crippen LogP contribution is 2.42. The highest BCUT2D eigenvalue weighted by Gasteiger charge is 2.44. The molecule has 0 aliphatic carbocycles. The first-order valence-electron chi connectivity index (χ1n) is 10.9. The lowest BCUT2D eigenvalue weighted by molar-refractivity contribution is 0.0971. The summed E-state index contributed by atoms with van der Waals surface area (Å²) in [6.45, 7) is 0.414. The van der Waals surface area contributed by atoms with Gasteiger partial charge in [0.15, 0.2) is 10.6 Å². The van der Waals surface area contributed by atoms with Gasteiger partial charge in [0.2, 0.25) is 5.76 Å². The summed E-state index contributed by atoms with van der Waals surface area (Å²) in [5.41, 5.74) is 1.61. The summed E-state index contributed by atoms with van der Waals surface area (Å²) in [7, 11) is 0. The first kappa shape index (κ1) is 21.2. The second-order valence-corrected chi connectivity index (χ2v) is 8.92. The Morgan fingerprint density at radius 2 is 1.83 bits per heavy atom. The molecule has 0 N–H and O–H groups in total. The Morgan fingerprint density at radius 3 is 2.57 bits per heavy atom. The highest BCUT2D eigenvalue weighted by atomic mass is 32.1. The van der Waals surface area contributed by atoms with Crippen molar-refractivity contribution in [1.29, 1.82) is 0 Å². The van der Waals surface area contributed by atoms with Crippen molar-refractivity contribution < 1.29 is 18.3 Å². The van der Waals surface area contributed by atoms with Crippen LogP contribution in [0.2, 0.25) is 0 Å². The Morgan fingerprint density at radius 1 is 1.03 bits per heavy atom. The van der Waals surface area contributed by atoms with Gasteiger partial charge in [0.05, 0.1) is 17.0 Å². The van der Waals surface area contributed by atoms with Gasteiger partial charge in [-0.05, 0) is 41.5 Å². The average Bonchev–Trinajstić information content (AvgIpc) is 3.51. The van der Waals surface area contributed by atoms with Crippen LogP contribution in [-0.2, 0) is 6.61 Å². The van der Waals surface area contributed by atoms with E-state index in [0.717, 1.165) is 11.6 Å². The quantitative estimate of drug-likeness (QED) is 0.319. The minimum atomic E-state index is -0.768. The smallest absolute Gasteiger partial charge is 0.297 e. The van der Waals surface area contributed by atoms with Crippen molar-refractivity contribution in [2.45, 2.75) is 12.6 Å². The fraction of sp³-hybridized carbons (Fsp3) is 0.0741. The normalized spacial score (nSPS) is 14.9. The number of fused-ring (bicyclic) bond motifs is 2. The number of thiazole rings is 1. The summed E-state index contributed by atoms with van der Waals surface area (Å²) >= 11 is 1.28. The average molecular weight is 485 g/mol. The number of rotatable bonds is 5. The predicted molar refractivity (Wildman–Crippen MR) is 130 cm³/mol. The van der Waals surface area contributed by atoms with Crippen LogP contribution in [0.3, 0.4) is 0 Å². The third-order valence-corrected chi connectivity index (χ3v) is 6.67. The number of benzene rings is 3. The fourth-order valence-electron chi connectivity index (χ4n) is 4.28. The van der Waals surface area contributed by atoms with E-state index in [1.807, 2.05) is 42.5 Å². The zero-order valence-electron chi connectivity index (χ0n) is 18.2. The second kappa shape index (κ2) is 8.48. The van der Waals surface area contributed by atoms with Gasteiger partial charge < -0.3 is 9.15 Å². The monoisotopic (exact) mass is 484 g/mol. The van der Waals surface area contributed by atoms with E-state index in [4.69, 9.17) is 9.15 Å². The van der Waals surface area contributed by atoms with E-state index in [1.54, 1.807) is 23.7 Å². The largest absolute Gasteiger partial charge is 0.489 e. The van der Waals surface area contributed by atoms with Crippen molar-refractivity contribution in [2.24, 2.45) is 0 Å². The lowest BCUT2D eigenvalue weighted by atomic mass is 9.98. The van der Waals surface area contributed by atoms with Crippen molar-refractivity contribution in [3.8, 4) is 5.75 Å². The number of carbonyl (C=O) groups is 1. The molecule has 172 valence electrons. The van der Waals surface area contributed by atoms with Gasteiger partial charge in [0.25, 0.3) is 5.91 Å². The van der Waals surface area contributed by atoms with Crippen LogP contribution < -0.4 is 15.1 Å². The van der Waals surface area contributed by atoms with Crippen LogP contribution in [0.1, 0.15) is 33.3 Å². The van der Waals surface area contributed by atoms with E-state index in [2.05, 4.69) is 4.98 Å². The van der Waals surface area contributed by atoms with Gasteiger partial charge in [-0.3, -0.25) is 14.5 Å². The molecule has 0 saturated carbocycles. The topological polar surface area (TPSA) is 72.6 Å². The van der Waals surface area contributed by atoms with E-state index in [0.29, 0.717) is 23.1 Å². The third kappa shape index (κ3) is 3.68. The minimum absolute atomic E-state index is 0.0567. The zero-order valence-corrected chi connectivity index (χ0v) is 19.0. The van der Waals surface area contributed by atoms with Crippen LogP contribution in [0, 0.1) is 5.82 Å². The Bertz CT molecular complexity index is 1600. The van der Waals surface area contributed by atoms with Gasteiger partial charge in [-0.2, -0.15) is 0 Å². The molecule has 1 amide bonds. The molecule has 0 radical (unpaired) electrons. The first-order chi connectivity index (χ1) is 17.1. The molecule has 2 aromatic heterocycles.